The molecule has 0 radical (unpaired) electrons. The van der Waals surface area contributed by atoms with Crippen LogP contribution in [0.2, 0.25) is 0 Å². The number of rotatable bonds is 63. The van der Waals surface area contributed by atoms with Gasteiger partial charge < -0.3 is 14.2 Å². The van der Waals surface area contributed by atoms with Gasteiger partial charge in [0.15, 0.2) is 6.10 Å². The molecular formula is C70H130O6. The molecule has 76 heavy (non-hydrogen) atoms. The summed E-state index contributed by atoms with van der Waals surface area (Å²) < 4.78 is 16.9. The average molecular weight is 1070 g/mol. The molecule has 1 unspecified atom stereocenters. The van der Waals surface area contributed by atoms with Gasteiger partial charge in [-0.2, -0.15) is 0 Å². The molecule has 0 aliphatic rings. The summed E-state index contributed by atoms with van der Waals surface area (Å²) in [7, 11) is 0. The highest BCUT2D eigenvalue weighted by Gasteiger charge is 2.19. The van der Waals surface area contributed by atoms with Crippen molar-refractivity contribution in [3.63, 3.8) is 0 Å². The van der Waals surface area contributed by atoms with E-state index in [1.807, 2.05) is 0 Å². The molecule has 0 spiro atoms. The standard InChI is InChI=1S/C70H130O6/c1-4-7-10-13-16-19-21-23-25-27-29-31-33-34-35-37-38-40-42-44-46-48-51-54-57-60-63-69(72)75-66-67(65-74-68(71)62-59-56-53-50-18-15-12-9-6-3)76-70(73)64-61-58-55-52-49-47-45-43-41-39-36-32-30-28-26-24-22-20-17-14-11-8-5-2/h22,24,28,30,36,39,67H,4-21,23,25-27,29,31-35,37-38,40-66H2,1-3H3/b24-22-,30-28-,39-36-. The Morgan fingerprint density at radius 2 is 0.474 bits per heavy atom. The Labute approximate surface area is 474 Å². The number of hydrogen-bond donors (Lipinski definition) is 0. The number of ether oxygens (including phenoxy) is 3. The molecule has 0 bridgehead atoms. The molecule has 0 fully saturated rings. The van der Waals surface area contributed by atoms with Crippen molar-refractivity contribution in [1.29, 1.82) is 0 Å². The topological polar surface area (TPSA) is 78.9 Å². The van der Waals surface area contributed by atoms with E-state index in [9.17, 15) is 14.4 Å². The van der Waals surface area contributed by atoms with E-state index in [1.54, 1.807) is 0 Å². The Bertz CT molecular complexity index is 1270. The fraction of sp³-hybridized carbons (Fsp3) is 0.871. The van der Waals surface area contributed by atoms with Crippen LogP contribution in [0, 0.1) is 0 Å². The molecule has 0 saturated carbocycles. The van der Waals surface area contributed by atoms with Crippen LogP contribution < -0.4 is 0 Å². The fourth-order valence-corrected chi connectivity index (χ4v) is 10.3. The third-order valence-electron chi connectivity index (χ3n) is 15.4. The fourth-order valence-electron chi connectivity index (χ4n) is 10.3. The van der Waals surface area contributed by atoms with Gasteiger partial charge in [0.1, 0.15) is 13.2 Å². The van der Waals surface area contributed by atoms with Gasteiger partial charge in [-0.15, -0.1) is 0 Å². The van der Waals surface area contributed by atoms with Gasteiger partial charge in [-0.1, -0.05) is 333 Å². The summed E-state index contributed by atoms with van der Waals surface area (Å²) in [6.45, 7) is 6.67. The van der Waals surface area contributed by atoms with Gasteiger partial charge in [0.05, 0.1) is 0 Å². The first-order valence-electron chi connectivity index (χ1n) is 34.0. The largest absolute Gasteiger partial charge is 0.462 e. The summed E-state index contributed by atoms with van der Waals surface area (Å²) >= 11 is 0. The maximum atomic E-state index is 12.9. The van der Waals surface area contributed by atoms with Crippen LogP contribution in [-0.4, -0.2) is 37.2 Å². The zero-order valence-corrected chi connectivity index (χ0v) is 51.3. The minimum absolute atomic E-state index is 0.0700. The molecule has 0 aromatic heterocycles. The van der Waals surface area contributed by atoms with E-state index >= 15 is 0 Å². The van der Waals surface area contributed by atoms with Crippen LogP contribution in [-0.2, 0) is 28.6 Å². The van der Waals surface area contributed by atoms with Gasteiger partial charge in [-0.3, -0.25) is 14.4 Å². The predicted molar refractivity (Wildman–Crippen MR) is 330 cm³/mol. The quantitative estimate of drug-likeness (QED) is 0.0261. The Hall–Kier alpha value is -2.37. The zero-order chi connectivity index (χ0) is 55.0. The first-order valence-corrected chi connectivity index (χ1v) is 34.0. The zero-order valence-electron chi connectivity index (χ0n) is 51.3. The number of esters is 3. The highest BCUT2D eigenvalue weighted by molar-refractivity contribution is 5.71. The molecule has 0 amide bonds. The van der Waals surface area contributed by atoms with E-state index in [2.05, 4.69) is 57.2 Å². The van der Waals surface area contributed by atoms with E-state index in [4.69, 9.17) is 14.2 Å². The molecule has 6 nitrogen and oxygen atoms in total. The normalized spacial score (nSPS) is 12.2. The molecule has 6 heteroatoms. The second-order valence-electron chi connectivity index (χ2n) is 23.1. The molecule has 0 aliphatic carbocycles. The second kappa shape index (κ2) is 65.2. The first kappa shape index (κ1) is 73.6. The summed E-state index contributed by atoms with van der Waals surface area (Å²) in [5.74, 6) is -0.855. The summed E-state index contributed by atoms with van der Waals surface area (Å²) in [5.41, 5.74) is 0. The van der Waals surface area contributed by atoms with Crippen molar-refractivity contribution in [3.8, 4) is 0 Å². The highest BCUT2D eigenvalue weighted by Crippen LogP contribution is 2.18. The number of carbonyl (C=O) groups excluding carboxylic acids is 3. The summed E-state index contributed by atoms with van der Waals surface area (Å²) in [6, 6.07) is 0. The number of carbonyl (C=O) groups is 3. The van der Waals surface area contributed by atoms with Crippen LogP contribution in [0.15, 0.2) is 36.5 Å². The van der Waals surface area contributed by atoms with E-state index < -0.39 is 6.10 Å². The van der Waals surface area contributed by atoms with Crippen molar-refractivity contribution in [1.82, 2.24) is 0 Å². The summed E-state index contributed by atoms with van der Waals surface area (Å²) in [4.78, 5) is 38.2. The van der Waals surface area contributed by atoms with E-state index in [0.29, 0.717) is 19.3 Å². The monoisotopic (exact) mass is 1070 g/mol. The van der Waals surface area contributed by atoms with Crippen LogP contribution in [0.5, 0.6) is 0 Å². The molecule has 0 heterocycles. The second-order valence-corrected chi connectivity index (χ2v) is 23.1. The smallest absolute Gasteiger partial charge is 0.306 e. The van der Waals surface area contributed by atoms with Crippen molar-refractivity contribution < 1.29 is 28.6 Å². The third-order valence-corrected chi connectivity index (χ3v) is 15.4. The van der Waals surface area contributed by atoms with Crippen LogP contribution in [0.4, 0.5) is 0 Å². The Balaban J connectivity index is 4.14. The average Bonchev–Trinajstić information content (AvgIpc) is 3.42. The van der Waals surface area contributed by atoms with E-state index in [-0.39, 0.29) is 31.1 Å². The molecule has 0 rings (SSSR count). The molecule has 0 aromatic carbocycles. The minimum atomic E-state index is -0.772. The Kier molecular flexibility index (Phi) is 63.1. The lowest BCUT2D eigenvalue weighted by Gasteiger charge is -2.18. The van der Waals surface area contributed by atoms with Gasteiger partial charge in [0.2, 0.25) is 0 Å². The lowest BCUT2D eigenvalue weighted by Crippen LogP contribution is -2.30. The maximum absolute atomic E-state index is 12.9. The molecule has 0 N–H and O–H groups in total. The van der Waals surface area contributed by atoms with Crippen LogP contribution in [0.25, 0.3) is 0 Å². The SMILES string of the molecule is CCCCCCC/C=C\C/C=C\C/C=C\CCCCCCCCCCC(=O)OC(COC(=O)CCCCCCCCCCC)COC(=O)CCCCCCCCCCCCCCCCCCCCCCCCCCCC. The van der Waals surface area contributed by atoms with Crippen molar-refractivity contribution in [3.05, 3.63) is 36.5 Å². The van der Waals surface area contributed by atoms with Crippen LogP contribution >= 0.6 is 0 Å². The Morgan fingerprint density at radius 1 is 0.263 bits per heavy atom. The summed E-state index contributed by atoms with van der Waals surface area (Å²) in [5, 5.41) is 0. The van der Waals surface area contributed by atoms with Gasteiger partial charge in [-0.05, 0) is 57.8 Å². The van der Waals surface area contributed by atoms with E-state index in [1.165, 1.54) is 257 Å². The van der Waals surface area contributed by atoms with Gasteiger partial charge in [0, 0.05) is 19.3 Å². The van der Waals surface area contributed by atoms with Gasteiger partial charge in [0.25, 0.3) is 0 Å². The number of hydrogen-bond acceptors (Lipinski definition) is 6. The third kappa shape index (κ3) is 62.5. The number of unbranched alkanes of at least 4 members (excludes halogenated alkanes) is 46. The highest BCUT2D eigenvalue weighted by atomic mass is 16.6. The maximum Gasteiger partial charge on any atom is 0.306 e. The molecular weight excluding hydrogens is 937 g/mol. The lowest BCUT2D eigenvalue weighted by molar-refractivity contribution is -0.167. The number of allylic oxidation sites excluding steroid dienone is 6. The van der Waals surface area contributed by atoms with Gasteiger partial charge in [-0.25, -0.2) is 0 Å². The molecule has 0 saturated heterocycles. The van der Waals surface area contributed by atoms with Crippen LogP contribution in [0.3, 0.4) is 0 Å². The molecule has 1 atom stereocenters. The van der Waals surface area contributed by atoms with Crippen molar-refractivity contribution >= 4 is 17.9 Å². The van der Waals surface area contributed by atoms with Crippen LogP contribution in [0.1, 0.15) is 374 Å². The van der Waals surface area contributed by atoms with Crippen molar-refractivity contribution in [2.24, 2.45) is 0 Å². The molecule has 0 aliphatic heterocycles. The first-order chi connectivity index (χ1) is 37.5. The summed E-state index contributed by atoms with van der Waals surface area (Å²) in [6.07, 6.45) is 80.4. The lowest BCUT2D eigenvalue weighted by atomic mass is 10.0. The van der Waals surface area contributed by atoms with Crippen molar-refractivity contribution in [2.75, 3.05) is 13.2 Å². The van der Waals surface area contributed by atoms with Gasteiger partial charge >= 0.3 is 17.9 Å². The molecule has 446 valence electrons. The molecule has 0 aromatic rings. The van der Waals surface area contributed by atoms with Crippen molar-refractivity contribution in [2.45, 2.75) is 380 Å². The Morgan fingerprint density at radius 3 is 0.737 bits per heavy atom. The predicted octanol–water partition coefficient (Wildman–Crippen LogP) is 23.2. The van der Waals surface area contributed by atoms with E-state index in [0.717, 1.165) is 77.0 Å². The minimum Gasteiger partial charge on any atom is -0.462 e.